The zero-order valence-electron chi connectivity index (χ0n) is 18.5. The minimum absolute atomic E-state index is 0.0230. The number of hydrogen-bond donors (Lipinski definition) is 1. The van der Waals surface area contributed by atoms with Gasteiger partial charge in [0, 0.05) is 24.0 Å². The van der Waals surface area contributed by atoms with Crippen molar-refractivity contribution in [3.05, 3.63) is 100 Å². The molecule has 0 fully saturated rings. The third-order valence-corrected chi connectivity index (χ3v) is 5.98. The van der Waals surface area contributed by atoms with Gasteiger partial charge in [-0.1, -0.05) is 53.7 Å². The van der Waals surface area contributed by atoms with E-state index in [1.165, 1.54) is 0 Å². The highest BCUT2D eigenvalue weighted by Gasteiger charge is 2.39. The number of para-hydroxylation sites is 1. The summed E-state index contributed by atoms with van der Waals surface area (Å²) in [5, 5.41) is 18.2. The molecule has 1 aliphatic heterocycles. The van der Waals surface area contributed by atoms with Crippen molar-refractivity contribution in [2.24, 2.45) is 5.73 Å². The largest absolute Gasteiger partial charge is 0.487 e. The first-order valence-electron chi connectivity index (χ1n) is 11.1. The summed E-state index contributed by atoms with van der Waals surface area (Å²) < 4.78 is 13.5. The first-order chi connectivity index (χ1) is 16.6. The average Bonchev–Trinajstić information content (AvgIpc) is 3.30. The predicted octanol–water partition coefficient (Wildman–Crippen LogP) is 3.72. The Kier molecular flexibility index (Phi) is 5.83. The lowest BCUT2D eigenvalue weighted by Crippen LogP contribution is -2.27. The van der Waals surface area contributed by atoms with Crippen molar-refractivity contribution >= 4 is 5.78 Å². The standard InChI is InChI=1S/C26H23N5O3/c27-13-20-24(25-21(32)10-6-12-23(25)34-26(20)28)19-9-4-5-11-22(19)33-16-18-15-31(30-29-18)14-17-7-2-1-3-8-17/h1-5,7-9,11,15,24H,6,10,12,14,16,28H2. The van der Waals surface area contributed by atoms with Crippen molar-refractivity contribution in [1.29, 1.82) is 5.26 Å². The van der Waals surface area contributed by atoms with Gasteiger partial charge in [0.1, 0.15) is 35.5 Å². The van der Waals surface area contributed by atoms with E-state index in [1.807, 2.05) is 60.8 Å². The second-order valence-corrected chi connectivity index (χ2v) is 8.26. The van der Waals surface area contributed by atoms with Crippen LogP contribution >= 0.6 is 0 Å². The fourth-order valence-electron chi connectivity index (χ4n) is 4.42. The number of carbonyl (C=O) groups is 1. The third-order valence-electron chi connectivity index (χ3n) is 5.98. The van der Waals surface area contributed by atoms with Crippen LogP contribution in [-0.4, -0.2) is 20.8 Å². The molecule has 1 aliphatic carbocycles. The van der Waals surface area contributed by atoms with Crippen molar-refractivity contribution < 1.29 is 14.3 Å². The molecule has 2 aromatic carbocycles. The lowest BCUT2D eigenvalue weighted by Gasteiger charge is -2.31. The molecule has 0 amide bonds. The first-order valence-corrected chi connectivity index (χ1v) is 11.1. The Labute approximate surface area is 196 Å². The number of benzene rings is 2. The molecule has 2 aliphatic rings. The molecule has 2 N–H and O–H groups in total. The van der Waals surface area contributed by atoms with Gasteiger partial charge in [-0.25, -0.2) is 4.68 Å². The van der Waals surface area contributed by atoms with Gasteiger partial charge in [-0.05, 0) is 18.1 Å². The summed E-state index contributed by atoms with van der Waals surface area (Å²) in [4.78, 5) is 12.9. The van der Waals surface area contributed by atoms with Crippen molar-refractivity contribution in [3.63, 3.8) is 0 Å². The summed E-state index contributed by atoms with van der Waals surface area (Å²) in [5.41, 5.74) is 9.29. The number of ketones is 1. The molecular weight excluding hydrogens is 430 g/mol. The van der Waals surface area contributed by atoms with Gasteiger partial charge in [0.15, 0.2) is 5.78 Å². The minimum atomic E-state index is -0.619. The van der Waals surface area contributed by atoms with Gasteiger partial charge >= 0.3 is 0 Å². The lowest BCUT2D eigenvalue weighted by molar-refractivity contribution is -0.116. The van der Waals surface area contributed by atoms with Crippen LogP contribution in [0.4, 0.5) is 0 Å². The molecule has 170 valence electrons. The quantitative estimate of drug-likeness (QED) is 0.605. The summed E-state index contributed by atoms with van der Waals surface area (Å²) in [6.45, 7) is 0.803. The van der Waals surface area contributed by atoms with Gasteiger partial charge in [0.25, 0.3) is 0 Å². The number of rotatable bonds is 6. The van der Waals surface area contributed by atoms with Crippen LogP contribution in [0.5, 0.6) is 5.75 Å². The van der Waals surface area contributed by atoms with E-state index in [2.05, 4.69) is 16.4 Å². The number of ether oxygens (including phenoxy) is 2. The zero-order chi connectivity index (χ0) is 23.5. The van der Waals surface area contributed by atoms with Crippen LogP contribution in [0.25, 0.3) is 0 Å². The Morgan fingerprint density at radius 2 is 1.94 bits per heavy atom. The van der Waals surface area contributed by atoms with Gasteiger partial charge in [-0.15, -0.1) is 5.10 Å². The molecule has 0 spiro atoms. The molecule has 0 bridgehead atoms. The summed E-state index contributed by atoms with van der Waals surface area (Å²) in [5.74, 6) is 0.505. The number of nitrogens with two attached hydrogens (primary N) is 1. The topological polar surface area (TPSA) is 116 Å². The van der Waals surface area contributed by atoms with Crippen molar-refractivity contribution in [2.45, 2.75) is 38.3 Å². The molecule has 0 saturated carbocycles. The second kappa shape index (κ2) is 9.24. The number of hydrogen-bond acceptors (Lipinski definition) is 7. The maximum Gasteiger partial charge on any atom is 0.205 e. The van der Waals surface area contributed by atoms with Gasteiger partial charge in [0.2, 0.25) is 5.88 Å². The minimum Gasteiger partial charge on any atom is -0.487 e. The summed E-state index contributed by atoms with van der Waals surface area (Å²) >= 11 is 0. The Morgan fingerprint density at radius 3 is 2.76 bits per heavy atom. The molecule has 34 heavy (non-hydrogen) atoms. The van der Waals surface area contributed by atoms with E-state index in [9.17, 15) is 10.1 Å². The molecule has 5 rings (SSSR count). The molecule has 8 nitrogen and oxygen atoms in total. The Bertz CT molecular complexity index is 1330. The SMILES string of the molecule is N#CC1=C(N)OC2=C(C(=O)CCC2)C1c1ccccc1OCc1cn(Cc2ccccc2)nn1. The molecule has 1 aromatic heterocycles. The number of aromatic nitrogens is 3. The Morgan fingerprint density at radius 1 is 1.15 bits per heavy atom. The van der Waals surface area contributed by atoms with Crippen LogP contribution in [0.3, 0.4) is 0 Å². The third kappa shape index (κ3) is 4.16. The molecule has 1 atom stereocenters. The average molecular weight is 454 g/mol. The van der Waals surface area contributed by atoms with Gasteiger partial charge in [-0.3, -0.25) is 4.79 Å². The van der Waals surface area contributed by atoms with E-state index in [1.54, 1.807) is 4.68 Å². The van der Waals surface area contributed by atoms with E-state index < -0.39 is 5.92 Å². The van der Waals surface area contributed by atoms with Gasteiger partial charge in [-0.2, -0.15) is 5.26 Å². The highest BCUT2D eigenvalue weighted by atomic mass is 16.5. The molecular formula is C26H23N5O3. The predicted molar refractivity (Wildman–Crippen MR) is 123 cm³/mol. The van der Waals surface area contributed by atoms with E-state index >= 15 is 0 Å². The highest BCUT2D eigenvalue weighted by Crippen LogP contribution is 2.45. The molecule has 0 saturated heterocycles. The van der Waals surface area contributed by atoms with E-state index in [0.717, 1.165) is 5.56 Å². The molecule has 8 heteroatoms. The van der Waals surface area contributed by atoms with Crippen LogP contribution in [0.1, 0.15) is 42.0 Å². The van der Waals surface area contributed by atoms with E-state index in [-0.39, 0.29) is 23.8 Å². The van der Waals surface area contributed by atoms with Crippen LogP contribution in [0, 0.1) is 11.3 Å². The molecule has 3 aromatic rings. The Hall–Kier alpha value is -4.38. The monoisotopic (exact) mass is 453 g/mol. The maximum atomic E-state index is 12.9. The lowest BCUT2D eigenvalue weighted by atomic mass is 9.77. The zero-order valence-corrected chi connectivity index (χ0v) is 18.5. The number of carbonyl (C=O) groups excluding carboxylic acids is 1. The summed E-state index contributed by atoms with van der Waals surface area (Å²) in [7, 11) is 0. The van der Waals surface area contributed by atoms with E-state index in [4.69, 9.17) is 15.2 Å². The van der Waals surface area contributed by atoms with Crippen molar-refractivity contribution in [1.82, 2.24) is 15.0 Å². The van der Waals surface area contributed by atoms with Crippen LogP contribution in [0.15, 0.2) is 83.6 Å². The molecule has 0 radical (unpaired) electrons. The fourth-order valence-corrected chi connectivity index (χ4v) is 4.42. The number of nitrogens with zero attached hydrogens (tertiary/aromatic N) is 4. The fraction of sp³-hybridized carbons (Fsp3) is 0.231. The highest BCUT2D eigenvalue weighted by molar-refractivity contribution is 5.99. The van der Waals surface area contributed by atoms with Crippen LogP contribution in [-0.2, 0) is 22.7 Å². The van der Waals surface area contributed by atoms with E-state index in [0.29, 0.717) is 54.1 Å². The number of Topliss-reactive ketones (excluding diaryl/α,β-unsaturated/α-hetero) is 1. The van der Waals surface area contributed by atoms with Gasteiger partial charge in [0.05, 0.1) is 18.7 Å². The number of allylic oxidation sites excluding steroid dienone is 3. The van der Waals surface area contributed by atoms with Crippen LogP contribution in [0.2, 0.25) is 0 Å². The Balaban J connectivity index is 1.41. The summed E-state index contributed by atoms with van der Waals surface area (Å²) in [6, 6.07) is 19.5. The second-order valence-electron chi connectivity index (χ2n) is 8.26. The van der Waals surface area contributed by atoms with Crippen LogP contribution < -0.4 is 10.5 Å². The normalized spacial score (nSPS) is 17.7. The smallest absolute Gasteiger partial charge is 0.205 e. The molecule has 2 heterocycles. The number of nitriles is 1. The first kappa shape index (κ1) is 21.5. The van der Waals surface area contributed by atoms with Crippen molar-refractivity contribution in [3.8, 4) is 11.8 Å². The van der Waals surface area contributed by atoms with Gasteiger partial charge < -0.3 is 15.2 Å². The van der Waals surface area contributed by atoms with Crippen molar-refractivity contribution in [2.75, 3.05) is 0 Å². The summed E-state index contributed by atoms with van der Waals surface area (Å²) in [6.07, 6.45) is 3.58. The maximum absolute atomic E-state index is 12.9. The molecule has 1 unspecified atom stereocenters.